The molecule has 0 heterocycles. The zero-order valence-corrected chi connectivity index (χ0v) is 26.0. The summed E-state index contributed by atoms with van der Waals surface area (Å²) in [5.74, 6) is -0.372. The van der Waals surface area contributed by atoms with Crippen LogP contribution in [0.25, 0.3) is 0 Å². The summed E-state index contributed by atoms with van der Waals surface area (Å²) in [6.45, 7) is 13.7. The predicted octanol–water partition coefficient (Wildman–Crippen LogP) is 10.1. The molecule has 0 aliphatic rings. The van der Waals surface area contributed by atoms with E-state index in [0.29, 0.717) is 19.3 Å². The Bertz CT molecular complexity index is 671. The number of rotatable bonds is 24. The standard InChI is InChI=1S/C18H36O2.C4H6O2.2C4H9.O.Ti/c1-17(2)15-13-11-9-7-5-3-4-6-8-10-12-14-16-18(19)20;1-3(2)4(5)6;2*1-3-4-2;;/h17H,3-16H2,1-2H3,(H,19,20);1H2,2H3,(H,5,6);2*1,3-4H2,2H3;;/q;;;;;+2/p-2. The average Bonchev–Trinajstić information content (AvgIpc) is 2.81. The van der Waals surface area contributed by atoms with Gasteiger partial charge in [-0.2, -0.15) is 0 Å². The Kier molecular flexibility index (Phi) is 19.7. The first kappa shape index (κ1) is 35.2. The van der Waals surface area contributed by atoms with Gasteiger partial charge in [0, 0.05) is 0 Å². The van der Waals surface area contributed by atoms with Crippen molar-refractivity contribution < 1.29 is 35.6 Å². The van der Waals surface area contributed by atoms with Crippen LogP contribution in [0.4, 0.5) is 0 Å². The zero-order chi connectivity index (χ0) is 27.3. The molecule has 0 aliphatic heterocycles. The molecular formula is C30H58O5Ti. The molecule has 0 atom stereocenters. The van der Waals surface area contributed by atoms with Gasteiger partial charge in [-0.05, 0) is 5.92 Å². The van der Waals surface area contributed by atoms with E-state index >= 15 is 0 Å². The molecule has 36 heavy (non-hydrogen) atoms. The molecule has 0 radical (unpaired) electrons. The first-order valence-electron chi connectivity index (χ1n) is 15.1. The van der Waals surface area contributed by atoms with Gasteiger partial charge >= 0.3 is 180 Å². The van der Waals surface area contributed by atoms with Crippen LogP contribution in [0.15, 0.2) is 12.2 Å². The predicted molar refractivity (Wildman–Crippen MR) is 147 cm³/mol. The number of unbranched alkanes of at least 4 members (excludes halogenated alkanes) is 13. The minimum absolute atomic E-state index is 0.149. The van der Waals surface area contributed by atoms with Crippen LogP contribution in [0.3, 0.4) is 0 Å². The maximum absolute atomic E-state index is 14.1. The summed E-state index contributed by atoms with van der Waals surface area (Å²) in [4.78, 5) is 25.0. The molecule has 5 nitrogen and oxygen atoms in total. The minimum Gasteiger partial charge on any atom is -0.0628 e. The second kappa shape index (κ2) is 20.2. The summed E-state index contributed by atoms with van der Waals surface area (Å²) in [7, 11) is 0. The second-order valence-electron chi connectivity index (χ2n) is 11.4. The van der Waals surface area contributed by atoms with Crippen molar-refractivity contribution in [2.75, 3.05) is 0 Å². The van der Waals surface area contributed by atoms with Crippen molar-refractivity contribution in [3.05, 3.63) is 12.2 Å². The van der Waals surface area contributed by atoms with Gasteiger partial charge in [0.2, 0.25) is 0 Å². The van der Waals surface area contributed by atoms with Gasteiger partial charge in [-0.1, -0.05) is 39.5 Å². The van der Waals surface area contributed by atoms with E-state index in [1.54, 1.807) is 0 Å². The van der Waals surface area contributed by atoms with Gasteiger partial charge in [-0.3, -0.25) is 0 Å². The monoisotopic (exact) mass is 546 g/mol. The number of carbonyl (C=O) groups excluding carboxylic acids is 2. The quantitative estimate of drug-likeness (QED) is 0.0684. The first-order chi connectivity index (χ1) is 17.1. The van der Waals surface area contributed by atoms with E-state index in [2.05, 4.69) is 20.4 Å². The maximum atomic E-state index is 14.1. The molecule has 0 spiro atoms. The molecular weight excluding hydrogens is 488 g/mol. The van der Waals surface area contributed by atoms with Gasteiger partial charge in [0.15, 0.2) is 0 Å². The van der Waals surface area contributed by atoms with E-state index in [4.69, 9.17) is 6.64 Å². The SMILES string of the molecule is C=C(C)C(=O)[O][Ti](=[O])([CH2]CCC)([CH2]CCC)[O]C(=O)CCCCCCCCCCCCCCC(C)C. The van der Waals surface area contributed by atoms with E-state index in [9.17, 15) is 12.9 Å². The van der Waals surface area contributed by atoms with Crippen LogP contribution in [0.1, 0.15) is 150 Å². The minimum atomic E-state index is -5.47. The molecule has 0 bridgehead atoms. The van der Waals surface area contributed by atoms with E-state index < -0.39 is 28.0 Å². The van der Waals surface area contributed by atoms with E-state index in [-0.39, 0.29) is 21.4 Å². The third-order valence-corrected chi connectivity index (χ3v) is 13.1. The normalized spacial score (nSPS) is 12.1. The van der Waals surface area contributed by atoms with Crippen molar-refractivity contribution in [1.29, 1.82) is 0 Å². The average molecular weight is 547 g/mol. The van der Waals surface area contributed by atoms with Crippen molar-refractivity contribution in [3.8, 4) is 0 Å². The van der Waals surface area contributed by atoms with Crippen molar-refractivity contribution in [2.24, 2.45) is 5.92 Å². The second-order valence-corrected chi connectivity index (χ2v) is 17.9. The van der Waals surface area contributed by atoms with Crippen molar-refractivity contribution in [3.63, 3.8) is 0 Å². The Hall–Kier alpha value is -0.806. The van der Waals surface area contributed by atoms with Crippen LogP contribution in [0, 0.1) is 5.92 Å². The van der Waals surface area contributed by atoms with Crippen LogP contribution in [0.2, 0.25) is 9.45 Å². The molecule has 212 valence electrons. The van der Waals surface area contributed by atoms with Gasteiger partial charge in [0.05, 0.1) is 0 Å². The van der Waals surface area contributed by atoms with Gasteiger partial charge in [-0.15, -0.1) is 0 Å². The Morgan fingerprint density at radius 1 is 0.694 bits per heavy atom. The molecule has 0 aromatic carbocycles. The van der Waals surface area contributed by atoms with E-state index in [1.807, 2.05) is 13.8 Å². The van der Waals surface area contributed by atoms with Crippen molar-refractivity contribution in [2.45, 2.75) is 160 Å². The molecule has 0 saturated carbocycles. The Morgan fingerprint density at radius 2 is 1.11 bits per heavy atom. The fourth-order valence-corrected chi connectivity index (χ4v) is 10.8. The molecule has 0 amide bonds. The number of carbonyl (C=O) groups is 2. The third kappa shape index (κ3) is 17.6. The summed E-state index contributed by atoms with van der Waals surface area (Å²) in [6.07, 6.45) is 19.0. The smallest absolute Gasteiger partial charge is 0.0628 e. The van der Waals surface area contributed by atoms with Crippen LogP contribution < -0.4 is 0 Å². The molecule has 0 rings (SSSR count). The molecule has 0 aromatic rings. The summed E-state index contributed by atoms with van der Waals surface area (Å²) in [5, 5.41) is 0. The van der Waals surface area contributed by atoms with Crippen LogP contribution in [-0.4, -0.2) is 11.9 Å². The van der Waals surface area contributed by atoms with E-state index in [1.165, 1.54) is 71.1 Å². The molecule has 0 unspecified atom stereocenters. The van der Waals surface area contributed by atoms with Crippen LogP contribution >= 0.6 is 0 Å². The van der Waals surface area contributed by atoms with Crippen molar-refractivity contribution in [1.82, 2.24) is 0 Å². The van der Waals surface area contributed by atoms with Gasteiger partial charge < -0.3 is 0 Å². The fraction of sp³-hybridized carbons (Fsp3) is 0.867. The van der Waals surface area contributed by atoms with E-state index in [0.717, 1.165) is 31.6 Å². The summed E-state index contributed by atoms with van der Waals surface area (Å²) < 4.78 is 25.7. The van der Waals surface area contributed by atoms with Crippen molar-refractivity contribution >= 4 is 11.9 Å². The third-order valence-electron chi connectivity index (χ3n) is 6.95. The molecule has 0 saturated heterocycles. The molecule has 0 N–H and O–H groups in total. The summed E-state index contributed by atoms with van der Waals surface area (Å²) in [6, 6.07) is 0. The van der Waals surface area contributed by atoms with Gasteiger partial charge in [-0.25, -0.2) is 0 Å². The topological polar surface area (TPSA) is 69.7 Å². The number of hydrogen-bond donors (Lipinski definition) is 0. The Balaban J connectivity index is 4.30. The first-order valence-corrected chi connectivity index (χ1v) is 19.2. The Labute approximate surface area is 224 Å². The van der Waals surface area contributed by atoms with Crippen LogP contribution in [0.5, 0.6) is 0 Å². The van der Waals surface area contributed by atoms with Gasteiger partial charge in [0.1, 0.15) is 0 Å². The fourth-order valence-electron chi connectivity index (χ4n) is 4.58. The molecule has 0 aliphatic carbocycles. The van der Waals surface area contributed by atoms with Gasteiger partial charge in [0.25, 0.3) is 0 Å². The Morgan fingerprint density at radius 3 is 1.50 bits per heavy atom. The zero-order valence-electron chi connectivity index (χ0n) is 24.5. The molecule has 6 heteroatoms. The van der Waals surface area contributed by atoms with Crippen LogP contribution in [-0.2, 0) is 35.6 Å². The number of hydrogen-bond acceptors (Lipinski definition) is 5. The molecule has 0 fully saturated rings. The molecule has 0 aromatic heterocycles. The summed E-state index contributed by atoms with van der Waals surface area (Å²) >= 11 is -5.47. The summed E-state index contributed by atoms with van der Waals surface area (Å²) in [5.41, 5.74) is 0.173.